The Morgan fingerprint density at radius 1 is 1.09 bits per heavy atom. The number of ether oxygens (including phenoxy) is 1. The van der Waals surface area contributed by atoms with Gasteiger partial charge in [0, 0.05) is 22.1 Å². The summed E-state index contributed by atoms with van der Waals surface area (Å²) in [6.45, 7) is 6.06. The number of pyridine rings is 1. The average molecular weight is 448 g/mol. The monoisotopic (exact) mass is 447 g/mol. The summed E-state index contributed by atoms with van der Waals surface area (Å²) in [7, 11) is 1.55. The zero-order chi connectivity index (χ0) is 22.8. The van der Waals surface area contributed by atoms with E-state index in [1.54, 1.807) is 42.0 Å². The van der Waals surface area contributed by atoms with Gasteiger partial charge >= 0.3 is 5.63 Å². The summed E-state index contributed by atoms with van der Waals surface area (Å²) in [5.41, 5.74) is 2.10. The molecule has 1 aliphatic heterocycles. The summed E-state index contributed by atoms with van der Waals surface area (Å²) in [6, 6.07) is 14.7. The fourth-order valence-corrected chi connectivity index (χ4v) is 5.18. The van der Waals surface area contributed by atoms with Crippen LogP contribution < -0.4 is 15.9 Å². The maximum absolute atomic E-state index is 13.6. The van der Waals surface area contributed by atoms with Crippen molar-refractivity contribution < 1.29 is 14.3 Å². The molecular weight excluding hydrogens is 426 g/mol. The highest BCUT2D eigenvalue weighted by molar-refractivity contribution is 7.99. The molecule has 0 aliphatic carbocycles. The molecule has 0 spiro atoms. The van der Waals surface area contributed by atoms with Gasteiger partial charge in [0.15, 0.2) is 5.75 Å². The van der Waals surface area contributed by atoms with Crippen LogP contribution in [-0.2, 0) is 5.41 Å². The first-order chi connectivity index (χ1) is 15.2. The van der Waals surface area contributed by atoms with Gasteiger partial charge in [-0.25, -0.2) is 4.79 Å². The van der Waals surface area contributed by atoms with Crippen LogP contribution in [0.25, 0.3) is 16.7 Å². The molecule has 32 heavy (non-hydrogen) atoms. The Kier molecular flexibility index (Phi) is 4.49. The molecule has 0 atom stereocenters. The fourth-order valence-electron chi connectivity index (χ4n) is 4.30. The van der Waals surface area contributed by atoms with Crippen molar-refractivity contribution in [3.8, 4) is 17.2 Å². The van der Waals surface area contributed by atoms with Crippen LogP contribution in [0, 0.1) is 6.92 Å². The van der Waals surface area contributed by atoms with Crippen molar-refractivity contribution in [1.82, 2.24) is 4.57 Å². The van der Waals surface area contributed by atoms with Crippen molar-refractivity contribution in [1.29, 1.82) is 0 Å². The van der Waals surface area contributed by atoms with E-state index in [0.29, 0.717) is 16.3 Å². The highest BCUT2D eigenvalue weighted by atomic mass is 32.2. The molecule has 1 N–H and O–H groups in total. The number of methoxy groups -OCH3 is 1. The maximum Gasteiger partial charge on any atom is 0.354 e. The van der Waals surface area contributed by atoms with E-state index in [4.69, 9.17) is 9.15 Å². The van der Waals surface area contributed by atoms with Crippen LogP contribution in [0.15, 0.2) is 72.3 Å². The molecule has 162 valence electrons. The molecule has 0 saturated heterocycles. The molecule has 1 aliphatic rings. The first-order valence-corrected chi connectivity index (χ1v) is 10.9. The molecule has 5 rings (SSSR count). The zero-order valence-corrected chi connectivity index (χ0v) is 18.9. The predicted octanol–water partition coefficient (Wildman–Crippen LogP) is 4.76. The van der Waals surface area contributed by atoms with Crippen molar-refractivity contribution in [3.63, 3.8) is 0 Å². The minimum atomic E-state index is -0.698. The first-order valence-electron chi connectivity index (χ1n) is 10.1. The van der Waals surface area contributed by atoms with Crippen LogP contribution >= 0.6 is 11.8 Å². The number of benzene rings is 2. The summed E-state index contributed by atoms with van der Waals surface area (Å²) in [6.07, 6.45) is 0. The van der Waals surface area contributed by atoms with Crippen molar-refractivity contribution in [3.05, 3.63) is 86.1 Å². The van der Waals surface area contributed by atoms with E-state index in [1.165, 1.54) is 0 Å². The SMILES string of the molecule is COc1cccc(Sc2c(O)c3c(=O)n4c(cc3oc2=O)C(C)(C)c2cc(C)ccc2-4)c1. The van der Waals surface area contributed by atoms with Gasteiger partial charge in [-0.05, 0) is 36.8 Å². The summed E-state index contributed by atoms with van der Waals surface area (Å²) in [5, 5.41) is 11.0. The quantitative estimate of drug-likeness (QED) is 0.488. The Morgan fingerprint density at radius 3 is 2.62 bits per heavy atom. The van der Waals surface area contributed by atoms with E-state index in [2.05, 4.69) is 6.07 Å². The van der Waals surface area contributed by atoms with Gasteiger partial charge in [0.25, 0.3) is 5.56 Å². The third-order valence-electron chi connectivity index (χ3n) is 5.98. The molecule has 2 aromatic heterocycles. The Hall–Kier alpha value is -3.45. The Labute approximate surface area is 188 Å². The first kappa shape index (κ1) is 20.5. The lowest BCUT2D eigenvalue weighted by atomic mass is 9.82. The van der Waals surface area contributed by atoms with Gasteiger partial charge in [0.1, 0.15) is 21.6 Å². The minimum absolute atomic E-state index is 0.0111. The van der Waals surface area contributed by atoms with E-state index >= 15 is 0 Å². The molecule has 7 heteroatoms. The second-order valence-corrected chi connectivity index (χ2v) is 9.49. The number of aryl methyl sites for hydroxylation is 1. The van der Waals surface area contributed by atoms with Crippen LogP contribution in [0.1, 0.15) is 30.7 Å². The van der Waals surface area contributed by atoms with Crippen molar-refractivity contribution in [2.75, 3.05) is 7.11 Å². The summed E-state index contributed by atoms with van der Waals surface area (Å²) in [4.78, 5) is 27.0. The number of fused-ring (bicyclic) bond motifs is 4. The molecular formula is C25H21NO5S. The molecule has 0 fully saturated rings. The number of aromatic hydroxyl groups is 1. The molecule has 0 bridgehead atoms. The van der Waals surface area contributed by atoms with Gasteiger partial charge in [-0.3, -0.25) is 9.36 Å². The van der Waals surface area contributed by atoms with E-state index in [-0.39, 0.29) is 21.6 Å². The molecule has 6 nitrogen and oxygen atoms in total. The molecule has 3 heterocycles. The summed E-state index contributed by atoms with van der Waals surface area (Å²) >= 11 is 1.03. The topological polar surface area (TPSA) is 81.7 Å². The van der Waals surface area contributed by atoms with Gasteiger partial charge in [-0.1, -0.05) is 49.4 Å². The van der Waals surface area contributed by atoms with Gasteiger partial charge in [-0.15, -0.1) is 0 Å². The lowest BCUT2D eigenvalue weighted by Crippen LogP contribution is -2.24. The third-order valence-corrected chi connectivity index (χ3v) is 7.03. The number of aromatic nitrogens is 1. The minimum Gasteiger partial charge on any atom is -0.505 e. The van der Waals surface area contributed by atoms with Crippen molar-refractivity contribution in [2.45, 2.75) is 36.0 Å². The summed E-state index contributed by atoms with van der Waals surface area (Å²) in [5.74, 6) is 0.245. The second kappa shape index (κ2) is 7.03. The summed E-state index contributed by atoms with van der Waals surface area (Å²) < 4.78 is 12.4. The predicted molar refractivity (Wildman–Crippen MR) is 124 cm³/mol. The molecule has 0 unspecified atom stereocenters. The van der Waals surface area contributed by atoms with E-state index in [9.17, 15) is 14.7 Å². The van der Waals surface area contributed by atoms with E-state index in [0.717, 1.165) is 28.6 Å². The number of nitrogens with zero attached hydrogens (tertiary/aromatic N) is 1. The lowest BCUT2D eigenvalue weighted by Gasteiger charge is -2.20. The largest absolute Gasteiger partial charge is 0.505 e. The van der Waals surface area contributed by atoms with E-state index in [1.807, 2.05) is 32.9 Å². The average Bonchev–Trinajstić information content (AvgIpc) is 2.98. The standard InChI is InChI=1S/C25H21NO5S/c1-13-8-9-17-16(10-13)25(2,3)19-12-18-20(23(28)26(17)19)21(27)22(24(29)31-18)32-15-7-5-6-14(11-15)30-4/h5-12,27H,1-4H3. The highest BCUT2D eigenvalue weighted by Gasteiger charge is 2.38. The Morgan fingerprint density at radius 2 is 1.88 bits per heavy atom. The normalized spacial score (nSPS) is 13.8. The van der Waals surface area contributed by atoms with Crippen LogP contribution in [0.2, 0.25) is 0 Å². The lowest BCUT2D eigenvalue weighted by molar-refractivity contribution is 0.413. The van der Waals surface area contributed by atoms with Crippen LogP contribution in [0.4, 0.5) is 0 Å². The number of rotatable bonds is 3. The third kappa shape index (κ3) is 2.88. The van der Waals surface area contributed by atoms with Gasteiger partial charge < -0.3 is 14.3 Å². The molecule has 0 amide bonds. The van der Waals surface area contributed by atoms with Gasteiger partial charge in [0.05, 0.1) is 12.8 Å². The van der Waals surface area contributed by atoms with Gasteiger partial charge in [0.2, 0.25) is 0 Å². The van der Waals surface area contributed by atoms with Crippen molar-refractivity contribution in [2.24, 2.45) is 0 Å². The zero-order valence-electron chi connectivity index (χ0n) is 18.1. The van der Waals surface area contributed by atoms with Gasteiger partial charge in [-0.2, -0.15) is 0 Å². The second-order valence-electron chi connectivity index (χ2n) is 8.40. The Bertz CT molecular complexity index is 1530. The smallest absolute Gasteiger partial charge is 0.354 e. The molecule has 0 radical (unpaired) electrons. The van der Waals surface area contributed by atoms with Crippen LogP contribution in [-0.4, -0.2) is 16.8 Å². The van der Waals surface area contributed by atoms with E-state index < -0.39 is 16.6 Å². The molecule has 2 aromatic carbocycles. The molecule has 0 saturated carbocycles. The van der Waals surface area contributed by atoms with Crippen molar-refractivity contribution >= 4 is 22.7 Å². The maximum atomic E-state index is 13.6. The number of hydrogen-bond acceptors (Lipinski definition) is 6. The molecule has 4 aromatic rings. The highest BCUT2D eigenvalue weighted by Crippen LogP contribution is 2.44. The number of hydrogen-bond donors (Lipinski definition) is 1. The fraction of sp³-hybridized carbons (Fsp3) is 0.200. The van der Waals surface area contributed by atoms with Crippen LogP contribution in [0.5, 0.6) is 11.5 Å². The van der Waals surface area contributed by atoms with Crippen LogP contribution in [0.3, 0.4) is 0 Å². The Balaban J connectivity index is 1.77.